The number of likely N-dealkylation sites (tertiary alicyclic amines) is 1. The minimum absolute atomic E-state index is 0.667. The van der Waals surface area contributed by atoms with Crippen molar-refractivity contribution in [2.45, 2.75) is 32.2 Å². The maximum Gasteiger partial charge on any atom is 0.193 e. The number of nitrogens with zero attached hydrogens (tertiary/aromatic N) is 3. The fraction of sp³-hybridized carbons (Fsp3) is 0.550. The van der Waals surface area contributed by atoms with E-state index in [9.17, 15) is 0 Å². The molecule has 0 aliphatic carbocycles. The van der Waals surface area contributed by atoms with Gasteiger partial charge in [-0.1, -0.05) is 40.2 Å². The van der Waals surface area contributed by atoms with Crippen molar-refractivity contribution < 1.29 is 0 Å². The minimum atomic E-state index is 0.667. The second kappa shape index (κ2) is 9.39. The minimum Gasteiger partial charge on any atom is -0.357 e. The Morgan fingerprint density at radius 3 is 2.92 bits per heavy atom. The van der Waals surface area contributed by atoms with Crippen LogP contribution in [0.3, 0.4) is 0 Å². The molecule has 0 amide bonds. The van der Waals surface area contributed by atoms with Crippen LogP contribution in [-0.4, -0.2) is 61.1 Å². The number of nitrogens with one attached hydrogen (secondary N) is 1. The first-order valence-electron chi connectivity index (χ1n) is 9.43. The first-order chi connectivity index (χ1) is 12.3. The van der Waals surface area contributed by atoms with Crippen molar-refractivity contribution in [3.8, 4) is 0 Å². The van der Waals surface area contributed by atoms with Crippen LogP contribution in [0.5, 0.6) is 0 Å². The molecule has 0 bridgehead atoms. The van der Waals surface area contributed by atoms with E-state index in [4.69, 9.17) is 4.99 Å². The standard InChI is InChI=1S/C20H29BrN4/c1-2-22-20(23-11-6-8-17-7-5-9-18(21)15-17)25-14-10-19(16-25)24-12-3-4-13-24/h3-5,7,9,15,19H,2,6,8,10-14,16H2,1H3,(H,22,23). The average Bonchev–Trinajstić information content (AvgIpc) is 3.28. The summed E-state index contributed by atoms with van der Waals surface area (Å²) in [7, 11) is 0. The van der Waals surface area contributed by atoms with Gasteiger partial charge in [-0.15, -0.1) is 0 Å². The number of guanidine groups is 1. The lowest BCUT2D eigenvalue weighted by Crippen LogP contribution is -2.42. The molecule has 2 heterocycles. The van der Waals surface area contributed by atoms with E-state index in [1.54, 1.807) is 0 Å². The molecule has 4 nitrogen and oxygen atoms in total. The summed E-state index contributed by atoms with van der Waals surface area (Å²) in [5, 5.41) is 3.48. The maximum absolute atomic E-state index is 4.88. The Balaban J connectivity index is 1.49. The molecule has 1 fully saturated rings. The van der Waals surface area contributed by atoms with E-state index in [0.29, 0.717) is 6.04 Å². The number of aliphatic imine (C=N–C) groups is 1. The van der Waals surface area contributed by atoms with Crippen LogP contribution < -0.4 is 5.32 Å². The Hall–Kier alpha value is -1.33. The van der Waals surface area contributed by atoms with Crippen LogP contribution in [0.15, 0.2) is 45.9 Å². The molecular weight excluding hydrogens is 376 g/mol. The quantitative estimate of drug-likeness (QED) is 0.341. The number of aryl methyl sites for hydroxylation is 1. The second-order valence-electron chi connectivity index (χ2n) is 6.78. The van der Waals surface area contributed by atoms with Crippen LogP contribution >= 0.6 is 15.9 Å². The molecule has 3 rings (SSSR count). The normalized spacial score (nSPS) is 21.3. The van der Waals surface area contributed by atoms with Gasteiger partial charge in [0.05, 0.1) is 0 Å². The third-order valence-corrected chi connectivity index (χ3v) is 5.43. The lowest BCUT2D eigenvalue weighted by Gasteiger charge is -2.25. The topological polar surface area (TPSA) is 30.9 Å². The molecule has 1 aromatic rings. The first kappa shape index (κ1) is 18.5. The van der Waals surface area contributed by atoms with E-state index in [0.717, 1.165) is 62.5 Å². The molecule has 136 valence electrons. The molecule has 1 aromatic carbocycles. The summed E-state index contributed by atoms with van der Waals surface area (Å²) >= 11 is 3.54. The number of rotatable bonds is 6. The molecule has 1 saturated heterocycles. The van der Waals surface area contributed by atoms with Crippen molar-refractivity contribution >= 4 is 21.9 Å². The van der Waals surface area contributed by atoms with Crippen LogP contribution in [0, 0.1) is 0 Å². The average molecular weight is 405 g/mol. The van der Waals surface area contributed by atoms with E-state index >= 15 is 0 Å². The largest absolute Gasteiger partial charge is 0.357 e. The third-order valence-electron chi connectivity index (χ3n) is 4.93. The molecule has 5 heteroatoms. The van der Waals surface area contributed by atoms with Gasteiger partial charge in [-0.25, -0.2) is 0 Å². The highest BCUT2D eigenvalue weighted by Gasteiger charge is 2.29. The lowest BCUT2D eigenvalue weighted by molar-refractivity contribution is 0.259. The van der Waals surface area contributed by atoms with Gasteiger partial charge in [-0.2, -0.15) is 0 Å². The number of benzene rings is 1. The highest BCUT2D eigenvalue weighted by Crippen LogP contribution is 2.18. The molecule has 1 atom stereocenters. The fourth-order valence-electron chi connectivity index (χ4n) is 3.61. The van der Waals surface area contributed by atoms with E-state index in [2.05, 4.69) is 74.4 Å². The monoisotopic (exact) mass is 404 g/mol. The van der Waals surface area contributed by atoms with Crippen molar-refractivity contribution in [1.82, 2.24) is 15.1 Å². The number of hydrogen-bond donors (Lipinski definition) is 1. The Morgan fingerprint density at radius 2 is 2.16 bits per heavy atom. The Bertz CT molecular complexity index is 605. The van der Waals surface area contributed by atoms with Gasteiger partial charge < -0.3 is 10.2 Å². The van der Waals surface area contributed by atoms with Gasteiger partial charge >= 0.3 is 0 Å². The van der Waals surface area contributed by atoms with Gasteiger partial charge in [-0.3, -0.25) is 9.89 Å². The molecule has 0 spiro atoms. The van der Waals surface area contributed by atoms with Crippen molar-refractivity contribution in [1.29, 1.82) is 0 Å². The van der Waals surface area contributed by atoms with E-state index in [1.165, 1.54) is 12.0 Å². The lowest BCUT2D eigenvalue weighted by atomic mass is 10.1. The van der Waals surface area contributed by atoms with Crippen molar-refractivity contribution in [2.75, 3.05) is 39.3 Å². The number of halogens is 1. The van der Waals surface area contributed by atoms with Crippen molar-refractivity contribution in [3.63, 3.8) is 0 Å². The predicted molar refractivity (Wildman–Crippen MR) is 109 cm³/mol. The van der Waals surface area contributed by atoms with Crippen molar-refractivity contribution in [3.05, 3.63) is 46.5 Å². The Kier molecular flexibility index (Phi) is 6.93. The Labute approximate surface area is 160 Å². The second-order valence-corrected chi connectivity index (χ2v) is 7.70. The molecule has 0 saturated carbocycles. The smallest absolute Gasteiger partial charge is 0.193 e. The summed E-state index contributed by atoms with van der Waals surface area (Å²) in [6.07, 6.45) is 7.96. The molecule has 2 aliphatic heterocycles. The summed E-state index contributed by atoms with van der Waals surface area (Å²) in [6, 6.07) is 9.23. The first-order valence-corrected chi connectivity index (χ1v) is 10.2. The molecular formula is C20H29BrN4. The predicted octanol–water partition coefficient (Wildman–Crippen LogP) is 3.29. The highest BCUT2D eigenvalue weighted by molar-refractivity contribution is 9.10. The van der Waals surface area contributed by atoms with Crippen LogP contribution in [0.1, 0.15) is 25.3 Å². The van der Waals surface area contributed by atoms with Crippen LogP contribution in [0.2, 0.25) is 0 Å². The molecule has 1 unspecified atom stereocenters. The summed E-state index contributed by atoms with van der Waals surface area (Å²) in [6.45, 7) is 8.38. The summed E-state index contributed by atoms with van der Waals surface area (Å²) < 4.78 is 1.15. The van der Waals surface area contributed by atoms with Gasteiger partial charge in [0.1, 0.15) is 0 Å². The van der Waals surface area contributed by atoms with Gasteiger partial charge in [0, 0.05) is 49.8 Å². The van der Waals surface area contributed by atoms with Crippen LogP contribution in [0.25, 0.3) is 0 Å². The van der Waals surface area contributed by atoms with Gasteiger partial charge in [0.25, 0.3) is 0 Å². The molecule has 1 N–H and O–H groups in total. The summed E-state index contributed by atoms with van der Waals surface area (Å²) in [5.74, 6) is 1.09. The maximum atomic E-state index is 4.88. The van der Waals surface area contributed by atoms with Crippen LogP contribution in [0.4, 0.5) is 0 Å². The van der Waals surface area contributed by atoms with Gasteiger partial charge in [0.15, 0.2) is 5.96 Å². The Morgan fingerprint density at radius 1 is 1.32 bits per heavy atom. The molecule has 25 heavy (non-hydrogen) atoms. The zero-order valence-corrected chi connectivity index (χ0v) is 16.7. The zero-order chi connectivity index (χ0) is 17.5. The molecule has 0 aromatic heterocycles. The number of hydrogen-bond acceptors (Lipinski definition) is 2. The van der Waals surface area contributed by atoms with Gasteiger partial charge in [0.2, 0.25) is 0 Å². The zero-order valence-electron chi connectivity index (χ0n) is 15.1. The van der Waals surface area contributed by atoms with Crippen LogP contribution in [-0.2, 0) is 6.42 Å². The highest BCUT2D eigenvalue weighted by atomic mass is 79.9. The molecule has 2 aliphatic rings. The van der Waals surface area contributed by atoms with E-state index in [-0.39, 0.29) is 0 Å². The van der Waals surface area contributed by atoms with E-state index in [1.807, 2.05) is 0 Å². The third kappa shape index (κ3) is 5.32. The SMILES string of the molecule is CCNC(=NCCCc1cccc(Br)c1)N1CCC(N2CC=CC2)C1. The summed E-state index contributed by atoms with van der Waals surface area (Å²) in [4.78, 5) is 9.88. The van der Waals surface area contributed by atoms with Crippen molar-refractivity contribution in [2.24, 2.45) is 4.99 Å². The molecule has 0 radical (unpaired) electrons. The van der Waals surface area contributed by atoms with Gasteiger partial charge in [-0.05, 0) is 43.9 Å². The summed E-state index contributed by atoms with van der Waals surface area (Å²) in [5.41, 5.74) is 1.37. The van der Waals surface area contributed by atoms with E-state index < -0.39 is 0 Å². The fourth-order valence-corrected chi connectivity index (χ4v) is 4.06.